The van der Waals surface area contributed by atoms with Crippen molar-refractivity contribution in [3.05, 3.63) is 59.2 Å². The van der Waals surface area contributed by atoms with Crippen molar-refractivity contribution in [3.8, 4) is 11.5 Å². The third-order valence-corrected chi connectivity index (χ3v) is 4.02. The first-order chi connectivity index (χ1) is 11.8. The van der Waals surface area contributed by atoms with Gasteiger partial charge in [-0.1, -0.05) is 32.0 Å². The highest BCUT2D eigenvalue weighted by molar-refractivity contribution is 5.80. The Morgan fingerprint density at radius 1 is 0.800 bits per heavy atom. The van der Waals surface area contributed by atoms with Crippen molar-refractivity contribution < 1.29 is 19.1 Å². The predicted molar refractivity (Wildman–Crippen MR) is 97.0 cm³/mol. The first-order valence-electron chi connectivity index (χ1n) is 8.43. The van der Waals surface area contributed by atoms with Crippen molar-refractivity contribution in [3.63, 3.8) is 0 Å². The van der Waals surface area contributed by atoms with Crippen LogP contribution in [-0.4, -0.2) is 11.9 Å². The molecule has 132 valence electrons. The second-order valence-corrected chi connectivity index (χ2v) is 6.42. The summed E-state index contributed by atoms with van der Waals surface area (Å²) in [6.07, 6.45) is -0.0363. The molecule has 0 fully saturated rings. The molecule has 0 saturated heterocycles. The van der Waals surface area contributed by atoms with Crippen molar-refractivity contribution in [2.75, 3.05) is 0 Å². The SMILES string of the molecule is Cc1ccc(OC(=O)CCC(=O)Oc2ccc(C(C)C)cc2)cc1C. The van der Waals surface area contributed by atoms with Gasteiger partial charge in [-0.15, -0.1) is 0 Å². The maximum Gasteiger partial charge on any atom is 0.311 e. The van der Waals surface area contributed by atoms with Gasteiger partial charge in [0.25, 0.3) is 0 Å². The van der Waals surface area contributed by atoms with Crippen LogP contribution in [0.1, 0.15) is 49.3 Å². The van der Waals surface area contributed by atoms with E-state index in [1.807, 2.05) is 38.1 Å². The lowest BCUT2D eigenvalue weighted by Crippen LogP contribution is -2.14. The van der Waals surface area contributed by atoms with Gasteiger partial charge in [-0.25, -0.2) is 0 Å². The lowest BCUT2D eigenvalue weighted by molar-refractivity contribution is -0.140. The van der Waals surface area contributed by atoms with Crippen LogP contribution in [0.15, 0.2) is 42.5 Å². The van der Waals surface area contributed by atoms with E-state index in [2.05, 4.69) is 13.8 Å². The Morgan fingerprint density at radius 2 is 1.32 bits per heavy atom. The molecule has 0 bridgehead atoms. The molecule has 0 N–H and O–H groups in total. The number of benzene rings is 2. The Morgan fingerprint density at radius 3 is 1.84 bits per heavy atom. The zero-order valence-corrected chi connectivity index (χ0v) is 15.2. The van der Waals surface area contributed by atoms with Crippen LogP contribution in [0.3, 0.4) is 0 Å². The van der Waals surface area contributed by atoms with Crippen LogP contribution in [-0.2, 0) is 9.59 Å². The van der Waals surface area contributed by atoms with Crippen LogP contribution >= 0.6 is 0 Å². The number of aryl methyl sites for hydroxylation is 2. The molecule has 2 aromatic carbocycles. The molecule has 2 rings (SSSR count). The molecule has 0 spiro atoms. The van der Waals surface area contributed by atoms with E-state index in [9.17, 15) is 9.59 Å². The molecule has 0 heterocycles. The molecule has 2 aromatic rings. The number of esters is 2. The molecule has 4 nitrogen and oxygen atoms in total. The first kappa shape index (κ1) is 18.7. The summed E-state index contributed by atoms with van der Waals surface area (Å²) in [5.74, 6) is 0.497. The lowest BCUT2D eigenvalue weighted by atomic mass is 10.0. The van der Waals surface area contributed by atoms with E-state index in [-0.39, 0.29) is 12.8 Å². The van der Waals surface area contributed by atoms with Crippen LogP contribution < -0.4 is 9.47 Å². The third-order valence-electron chi connectivity index (χ3n) is 4.02. The van der Waals surface area contributed by atoms with Gasteiger partial charge in [-0.3, -0.25) is 9.59 Å². The summed E-state index contributed by atoms with van der Waals surface area (Å²) >= 11 is 0. The predicted octanol–water partition coefficient (Wildman–Crippen LogP) is 4.72. The molecule has 0 saturated carbocycles. The fourth-order valence-corrected chi connectivity index (χ4v) is 2.27. The van der Waals surface area contributed by atoms with Crippen molar-refractivity contribution >= 4 is 11.9 Å². The molecule has 0 aliphatic carbocycles. The average molecular weight is 340 g/mol. The molecule has 0 atom stereocenters. The summed E-state index contributed by atoms with van der Waals surface area (Å²) in [5, 5.41) is 0. The summed E-state index contributed by atoms with van der Waals surface area (Å²) in [6.45, 7) is 8.14. The molecular formula is C21H24O4. The van der Waals surface area contributed by atoms with E-state index < -0.39 is 11.9 Å². The molecule has 4 heteroatoms. The Bertz CT molecular complexity index is 745. The minimum absolute atomic E-state index is 0.0180. The summed E-state index contributed by atoms with van der Waals surface area (Å²) in [4.78, 5) is 23.7. The number of carbonyl (C=O) groups is 2. The number of hydrogen-bond donors (Lipinski definition) is 0. The lowest BCUT2D eigenvalue weighted by Gasteiger charge is -2.08. The molecule has 0 aliphatic heterocycles. The van der Waals surface area contributed by atoms with Gasteiger partial charge in [-0.05, 0) is 60.7 Å². The van der Waals surface area contributed by atoms with E-state index in [1.54, 1.807) is 18.2 Å². The van der Waals surface area contributed by atoms with Gasteiger partial charge >= 0.3 is 11.9 Å². The van der Waals surface area contributed by atoms with E-state index in [0.29, 0.717) is 17.4 Å². The van der Waals surface area contributed by atoms with Crippen molar-refractivity contribution in [2.45, 2.75) is 46.5 Å². The van der Waals surface area contributed by atoms with Crippen LogP contribution in [0.2, 0.25) is 0 Å². The fourth-order valence-electron chi connectivity index (χ4n) is 2.27. The van der Waals surface area contributed by atoms with Gasteiger partial charge in [0.2, 0.25) is 0 Å². The Balaban J connectivity index is 1.80. The van der Waals surface area contributed by atoms with E-state index in [1.165, 1.54) is 5.56 Å². The highest BCUT2D eigenvalue weighted by Crippen LogP contribution is 2.19. The minimum atomic E-state index is -0.450. The van der Waals surface area contributed by atoms with E-state index in [4.69, 9.17) is 9.47 Å². The number of rotatable bonds is 6. The number of ether oxygens (including phenoxy) is 2. The first-order valence-corrected chi connectivity index (χ1v) is 8.43. The summed E-state index contributed by atoms with van der Waals surface area (Å²) < 4.78 is 10.5. The van der Waals surface area contributed by atoms with Gasteiger partial charge in [0.1, 0.15) is 11.5 Å². The van der Waals surface area contributed by atoms with Crippen molar-refractivity contribution in [1.29, 1.82) is 0 Å². The third kappa shape index (κ3) is 5.75. The van der Waals surface area contributed by atoms with Crippen LogP contribution in [0, 0.1) is 13.8 Å². The van der Waals surface area contributed by atoms with Crippen LogP contribution in [0.5, 0.6) is 11.5 Å². The maximum absolute atomic E-state index is 11.9. The van der Waals surface area contributed by atoms with Crippen molar-refractivity contribution in [2.24, 2.45) is 0 Å². The number of carbonyl (C=O) groups excluding carboxylic acids is 2. The van der Waals surface area contributed by atoms with Crippen LogP contribution in [0.4, 0.5) is 0 Å². The normalized spacial score (nSPS) is 10.6. The highest BCUT2D eigenvalue weighted by Gasteiger charge is 2.11. The van der Waals surface area contributed by atoms with Crippen molar-refractivity contribution in [1.82, 2.24) is 0 Å². The number of hydrogen-bond acceptors (Lipinski definition) is 4. The Hall–Kier alpha value is -2.62. The molecular weight excluding hydrogens is 316 g/mol. The zero-order chi connectivity index (χ0) is 18.4. The second kappa shape index (κ2) is 8.47. The maximum atomic E-state index is 11.9. The Labute approximate surface area is 148 Å². The van der Waals surface area contributed by atoms with Gasteiger partial charge in [0, 0.05) is 0 Å². The van der Waals surface area contributed by atoms with E-state index in [0.717, 1.165) is 11.1 Å². The highest BCUT2D eigenvalue weighted by atomic mass is 16.5. The quantitative estimate of drug-likeness (QED) is 0.564. The standard InChI is InChI=1S/C21H24O4/c1-14(2)17-6-9-18(10-7-17)24-20(22)11-12-21(23)25-19-8-5-15(3)16(4)13-19/h5-10,13-14H,11-12H2,1-4H3. The summed E-state index contributed by atoms with van der Waals surface area (Å²) in [7, 11) is 0. The molecule has 0 aromatic heterocycles. The van der Waals surface area contributed by atoms with Gasteiger partial charge in [0.15, 0.2) is 0 Å². The Kier molecular flexibility index (Phi) is 6.34. The molecule has 25 heavy (non-hydrogen) atoms. The topological polar surface area (TPSA) is 52.6 Å². The summed E-state index contributed by atoms with van der Waals surface area (Å²) in [5.41, 5.74) is 3.36. The van der Waals surface area contributed by atoms with Crippen LogP contribution in [0.25, 0.3) is 0 Å². The zero-order valence-electron chi connectivity index (χ0n) is 15.2. The minimum Gasteiger partial charge on any atom is -0.427 e. The fraction of sp³-hybridized carbons (Fsp3) is 0.333. The monoisotopic (exact) mass is 340 g/mol. The molecule has 0 unspecified atom stereocenters. The molecule has 0 amide bonds. The largest absolute Gasteiger partial charge is 0.427 e. The molecule has 0 radical (unpaired) electrons. The second-order valence-electron chi connectivity index (χ2n) is 6.42. The average Bonchev–Trinajstić information content (AvgIpc) is 2.57. The molecule has 0 aliphatic rings. The van der Waals surface area contributed by atoms with Gasteiger partial charge < -0.3 is 9.47 Å². The smallest absolute Gasteiger partial charge is 0.311 e. The van der Waals surface area contributed by atoms with Gasteiger partial charge in [-0.2, -0.15) is 0 Å². The van der Waals surface area contributed by atoms with E-state index >= 15 is 0 Å². The van der Waals surface area contributed by atoms with Gasteiger partial charge in [0.05, 0.1) is 12.8 Å². The summed E-state index contributed by atoms with van der Waals surface area (Å²) in [6, 6.07) is 12.8.